The van der Waals surface area contributed by atoms with E-state index in [4.69, 9.17) is 0 Å². The molecule has 120 valence electrons. The highest BCUT2D eigenvalue weighted by atomic mass is 15.0. The van der Waals surface area contributed by atoms with Crippen molar-refractivity contribution in [1.82, 2.24) is 20.9 Å². The van der Waals surface area contributed by atoms with Crippen LogP contribution >= 0.6 is 0 Å². The lowest BCUT2D eigenvalue weighted by atomic mass is 9.91. The molecule has 0 saturated heterocycles. The molecule has 0 amide bonds. The number of hydrogen-bond donors (Lipinski definition) is 3. The summed E-state index contributed by atoms with van der Waals surface area (Å²) < 4.78 is 0. The minimum Gasteiger partial charge on any atom is -0.384 e. The minimum atomic E-state index is 0.311. The third kappa shape index (κ3) is 2.99. The maximum Gasteiger partial charge on any atom is 0.0930 e. The molecule has 2 unspecified atom stereocenters. The van der Waals surface area contributed by atoms with E-state index >= 15 is 0 Å². The molecule has 0 radical (unpaired) electrons. The van der Waals surface area contributed by atoms with Gasteiger partial charge in [-0.15, -0.1) is 0 Å². The van der Waals surface area contributed by atoms with E-state index in [0.717, 1.165) is 22.5 Å². The molecule has 0 spiro atoms. The van der Waals surface area contributed by atoms with Gasteiger partial charge in [0.25, 0.3) is 0 Å². The van der Waals surface area contributed by atoms with E-state index in [1.165, 1.54) is 0 Å². The number of nitrogens with one attached hydrogen (secondary N) is 3. The Morgan fingerprint density at radius 2 is 2.00 bits per heavy atom. The van der Waals surface area contributed by atoms with Crippen LogP contribution in [0.3, 0.4) is 0 Å². The lowest BCUT2D eigenvalue weighted by Crippen LogP contribution is -2.27. The van der Waals surface area contributed by atoms with Crippen molar-refractivity contribution >= 4 is 18.4 Å². The number of rotatable bonds is 1. The topological polar surface area (TPSA) is 73.7 Å². The number of pyridine rings is 1. The van der Waals surface area contributed by atoms with Crippen molar-refractivity contribution in [3.63, 3.8) is 0 Å². The van der Waals surface area contributed by atoms with E-state index in [2.05, 4.69) is 49.1 Å². The predicted octanol–water partition coefficient (Wildman–Crippen LogP) is 1.55. The average molecular weight is 318 g/mol. The van der Waals surface area contributed by atoms with Gasteiger partial charge in [-0.2, -0.15) is 0 Å². The van der Waals surface area contributed by atoms with Crippen molar-refractivity contribution in [1.29, 1.82) is 0 Å². The van der Waals surface area contributed by atoms with Gasteiger partial charge in [0, 0.05) is 30.1 Å². The summed E-state index contributed by atoms with van der Waals surface area (Å²) in [6, 6.07) is 4.19. The van der Waals surface area contributed by atoms with Crippen molar-refractivity contribution in [2.75, 3.05) is 6.54 Å². The molecule has 0 fully saturated rings. The summed E-state index contributed by atoms with van der Waals surface area (Å²) in [7, 11) is 0. The summed E-state index contributed by atoms with van der Waals surface area (Å²) in [5.41, 5.74) is 4.01. The Morgan fingerprint density at radius 1 is 1.08 bits per heavy atom. The molecule has 3 heterocycles. The molecule has 24 heavy (non-hydrogen) atoms. The van der Waals surface area contributed by atoms with Crippen LogP contribution in [0.25, 0.3) is 5.70 Å². The molecule has 4 rings (SSSR count). The fourth-order valence-electron chi connectivity index (χ4n) is 2.91. The molecule has 1 aliphatic carbocycles. The fourth-order valence-corrected chi connectivity index (χ4v) is 2.91. The first-order valence-corrected chi connectivity index (χ1v) is 7.90. The van der Waals surface area contributed by atoms with Gasteiger partial charge in [0.05, 0.1) is 36.7 Å². The summed E-state index contributed by atoms with van der Waals surface area (Å²) in [5, 5.41) is 9.69. The summed E-state index contributed by atoms with van der Waals surface area (Å²) >= 11 is 0. The monoisotopic (exact) mass is 318 g/mol. The van der Waals surface area contributed by atoms with Crippen LogP contribution in [0.5, 0.6) is 0 Å². The molecule has 1 aromatic rings. The Kier molecular flexibility index (Phi) is 3.93. The van der Waals surface area contributed by atoms with Crippen molar-refractivity contribution in [3.8, 4) is 0 Å². The van der Waals surface area contributed by atoms with Crippen LogP contribution in [0, 0.1) is 5.92 Å². The highest BCUT2D eigenvalue weighted by Crippen LogP contribution is 2.28. The van der Waals surface area contributed by atoms with E-state index in [1.807, 2.05) is 24.5 Å². The number of aliphatic imine (C=N–C) groups is 2. The Balaban J connectivity index is 1.62. The molecular formula is C18H18N6. The van der Waals surface area contributed by atoms with Crippen LogP contribution in [-0.2, 0) is 0 Å². The number of hydrogen-bond acceptors (Lipinski definition) is 6. The summed E-state index contributed by atoms with van der Waals surface area (Å²) in [6.07, 6.45) is 17.4. The molecule has 0 saturated carbocycles. The van der Waals surface area contributed by atoms with Crippen LogP contribution in [0.2, 0.25) is 0 Å². The van der Waals surface area contributed by atoms with E-state index in [-0.39, 0.29) is 0 Å². The largest absolute Gasteiger partial charge is 0.384 e. The normalized spacial score (nSPS) is 27.1. The van der Waals surface area contributed by atoms with Crippen LogP contribution < -0.4 is 16.0 Å². The highest BCUT2D eigenvalue weighted by molar-refractivity contribution is 5.78. The molecule has 0 bridgehead atoms. The lowest BCUT2D eigenvalue weighted by molar-refractivity contribution is 0.636. The van der Waals surface area contributed by atoms with E-state index < -0.39 is 0 Å². The average Bonchev–Trinajstić information content (AvgIpc) is 3.05. The molecule has 3 N–H and O–H groups in total. The van der Waals surface area contributed by atoms with E-state index in [1.54, 1.807) is 25.1 Å². The van der Waals surface area contributed by atoms with Crippen LogP contribution in [0.4, 0.5) is 0 Å². The van der Waals surface area contributed by atoms with Gasteiger partial charge in [0.2, 0.25) is 0 Å². The molecule has 0 aromatic carbocycles. The first-order chi connectivity index (χ1) is 11.9. The van der Waals surface area contributed by atoms with Gasteiger partial charge >= 0.3 is 0 Å². The van der Waals surface area contributed by atoms with Gasteiger partial charge in [0.1, 0.15) is 0 Å². The van der Waals surface area contributed by atoms with Crippen LogP contribution in [-0.4, -0.2) is 30.2 Å². The zero-order valence-electron chi connectivity index (χ0n) is 13.1. The highest BCUT2D eigenvalue weighted by Gasteiger charge is 2.25. The summed E-state index contributed by atoms with van der Waals surface area (Å²) in [6.45, 7) is 0.597. The third-order valence-electron chi connectivity index (χ3n) is 4.15. The quantitative estimate of drug-likeness (QED) is 0.734. The maximum absolute atomic E-state index is 4.62. The van der Waals surface area contributed by atoms with Gasteiger partial charge in [-0.05, 0) is 30.0 Å². The van der Waals surface area contributed by atoms with E-state index in [0.29, 0.717) is 18.5 Å². The predicted molar refractivity (Wildman–Crippen MR) is 96.1 cm³/mol. The van der Waals surface area contributed by atoms with Crippen molar-refractivity contribution in [3.05, 3.63) is 72.0 Å². The van der Waals surface area contributed by atoms with Crippen molar-refractivity contribution in [2.24, 2.45) is 15.9 Å². The molecule has 2 aliphatic heterocycles. The maximum atomic E-state index is 4.62. The fraction of sp³-hybridized carbons (Fsp3) is 0.167. The Labute approximate surface area is 140 Å². The van der Waals surface area contributed by atoms with Gasteiger partial charge < -0.3 is 16.0 Å². The molecule has 6 nitrogen and oxygen atoms in total. The van der Waals surface area contributed by atoms with Gasteiger partial charge in [-0.3, -0.25) is 9.98 Å². The van der Waals surface area contributed by atoms with Crippen LogP contribution in [0.1, 0.15) is 5.56 Å². The number of aromatic nitrogens is 1. The van der Waals surface area contributed by atoms with Crippen molar-refractivity contribution in [2.45, 2.75) is 6.04 Å². The Morgan fingerprint density at radius 3 is 2.92 bits per heavy atom. The number of nitrogens with zero attached hydrogens (tertiary/aromatic N) is 3. The molecule has 1 aromatic heterocycles. The number of fused-ring (bicyclic) bond motifs is 2. The SMILES string of the molecule is C1=CC2C=C3N=CN/C(c4ccncc4)=C\NC=NCC3=CC2N1. The molecule has 2 atom stereocenters. The second-order valence-corrected chi connectivity index (χ2v) is 5.71. The molecular weight excluding hydrogens is 300 g/mol. The second kappa shape index (κ2) is 6.54. The molecule has 6 heteroatoms. The Bertz CT molecular complexity index is 785. The van der Waals surface area contributed by atoms with Gasteiger partial charge in [-0.1, -0.05) is 12.2 Å². The van der Waals surface area contributed by atoms with Gasteiger partial charge in [0.15, 0.2) is 0 Å². The standard InChI is InChI=1S/C18H18N6/c1-4-19-5-2-13(1)18-10-21-11-20-9-15-8-16-14(3-6-22-16)7-17(15)23-12-24-18/h1-8,10-12,14,16,22H,9H2,(H,20,21)(H,23,24)/b18-10-. The minimum absolute atomic E-state index is 0.311. The first-order valence-electron chi connectivity index (χ1n) is 7.90. The third-order valence-corrected chi connectivity index (χ3v) is 4.15. The van der Waals surface area contributed by atoms with Crippen molar-refractivity contribution < 1.29 is 0 Å². The second-order valence-electron chi connectivity index (χ2n) is 5.71. The van der Waals surface area contributed by atoms with Gasteiger partial charge in [-0.25, -0.2) is 4.99 Å². The Hall–Kier alpha value is -3.15. The zero-order chi connectivity index (χ0) is 16.2. The summed E-state index contributed by atoms with van der Waals surface area (Å²) in [5.74, 6) is 0.350. The molecule has 3 aliphatic rings. The zero-order valence-corrected chi connectivity index (χ0v) is 13.1. The smallest absolute Gasteiger partial charge is 0.0930 e. The van der Waals surface area contributed by atoms with E-state index in [9.17, 15) is 0 Å². The first kappa shape index (κ1) is 14.4. The van der Waals surface area contributed by atoms with Crippen LogP contribution in [0.15, 0.2) is 76.4 Å². The lowest BCUT2D eigenvalue weighted by Gasteiger charge is -2.21. The summed E-state index contributed by atoms with van der Waals surface area (Å²) in [4.78, 5) is 13.1.